The van der Waals surface area contributed by atoms with Crippen molar-refractivity contribution in [1.29, 1.82) is 5.26 Å². The summed E-state index contributed by atoms with van der Waals surface area (Å²) in [5, 5.41) is 8.61. The zero-order chi connectivity index (χ0) is 12.0. The van der Waals surface area contributed by atoms with Gasteiger partial charge in [-0.05, 0) is 26.1 Å². The van der Waals surface area contributed by atoms with Crippen molar-refractivity contribution in [2.45, 2.75) is 25.9 Å². The number of nitrogens with two attached hydrogens (primary N) is 1. The minimum absolute atomic E-state index is 0.223. The number of rotatable bonds is 5. The molecule has 3 N–H and O–H groups in total. The van der Waals surface area contributed by atoms with Gasteiger partial charge in [-0.2, -0.15) is 5.26 Å². The van der Waals surface area contributed by atoms with E-state index in [0.29, 0.717) is 18.8 Å². The quantitative estimate of drug-likeness (QED) is 0.572. The standard InChI is InChI=1S/C11H17N5/c1-9(6-7-12)16(2)8-10-4-3-5-11(14-10)15-13/h3-5,9H,6,8,13H2,1-2H3,(H,14,15). The van der Waals surface area contributed by atoms with Gasteiger partial charge in [0.25, 0.3) is 0 Å². The van der Waals surface area contributed by atoms with Gasteiger partial charge in [0.15, 0.2) is 0 Å². The Morgan fingerprint density at radius 1 is 1.62 bits per heavy atom. The highest BCUT2D eigenvalue weighted by Gasteiger charge is 2.09. The second-order valence-corrected chi connectivity index (χ2v) is 3.78. The third-order valence-corrected chi connectivity index (χ3v) is 2.51. The lowest BCUT2D eigenvalue weighted by molar-refractivity contribution is 0.249. The zero-order valence-electron chi connectivity index (χ0n) is 9.64. The van der Waals surface area contributed by atoms with E-state index in [2.05, 4.69) is 21.4 Å². The number of pyridine rings is 1. The van der Waals surface area contributed by atoms with Crippen molar-refractivity contribution in [3.8, 4) is 6.07 Å². The summed E-state index contributed by atoms with van der Waals surface area (Å²) in [5.41, 5.74) is 3.45. The second-order valence-electron chi connectivity index (χ2n) is 3.78. The van der Waals surface area contributed by atoms with Crippen LogP contribution in [-0.4, -0.2) is 23.0 Å². The Kier molecular flexibility index (Phi) is 4.70. The third kappa shape index (κ3) is 3.50. The van der Waals surface area contributed by atoms with Crippen molar-refractivity contribution in [2.75, 3.05) is 12.5 Å². The SMILES string of the molecule is CC(CC#N)N(C)Cc1cccc(NN)n1. The number of hydrogen-bond donors (Lipinski definition) is 2. The molecule has 5 heteroatoms. The van der Waals surface area contributed by atoms with Gasteiger partial charge in [-0.15, -0.1) is 0 Å². The van der Waals surface area contributed by atoms with Crippen molar-refractivity contribution >= 4 is 5.82 Å². The highest BCUT2D eigenvalue weighted by molar-refractivity contribution is 5.33. The molecule has 0 fully saturated rings. The number of nitrogens with one attached hydrogen (secondary N) is 1. The number of hydrazine groups is 1. The fraction of sp³-hybridized carbons (Fsp3) is 0.455. The lowest BCUT2D eigenvalue weighted by Crippen LogP contribution is -2.28. The summed E-state index contributed by atoms with van der Waals surface area (Å²) in [4.78, 5) is 6.40. The molecule has 1 aromatic heterocycles. The molecule has 0 aliphatic carbocycles. The molecule has 5 nitrogen and oxygen atoms in total. The van der Waals surface area contributed by atoms with Crippen LogP contribution in [0.2, 0.25) is 0 Å². The first-order valence-electron chi connectivity index (χ1n) is 5.17. The normalized spacial score (nSPS) is 12.2. The lowest BCUT2D eigenvalue weighted by Gasteiger charge is -2.22. The molecule has 0 spiro atoms. The largest absolute Gasteiger partial charge is 0.308 e. The van der Waals surface area contributed by atoms with Crippen LogP contribution < -0.4 is 11.3 Å². The van der Waals surface area contributed by atoms with E-state index >= 15 is 0 Å². The predicted molar refractivity (Wildman–Crippen MR) is 63.2 cm³/mol. The average Bonchev–Trinajstić information content (AvgIpc) is 2.29. The van der Waals surface area contributed by atoms with Crippen LogP contribution in [0.5, 0.6) is 0 Å². The van der Waals surface area contributed by atoms with E-state index in [-0.39, 0.29) is 6.04 Å². The number of anilines is 1. The van der Waals surface area contributed by atoms with E-state index in [0.717, 1.165) is 5.69 Å². The van der Waals surface area contributed by atoms with E-state index in [1.54, 1.807) is 0 Å². The monoisotopic (exact) mass is 219 g/mol. The first-order valence-corrected chi connectivity index (χ1v) is 5.17. The highest BCUT2D eigenvalue weighted by atomic mass is 15.3. The summed E-state index contributed by atoms with van der Waals surface area (Å²) in [6.45, 7) is 2.73. The lowest BCUT2D eigenvalue weighted by atomic mass is 10.2. The molecule has 1 unspecified atom stereocenters. The molecule has 0 saturated heterocycles. The number of nitrogen functional groups attached to an aromatic ring is 1. The van der Waals surface area contributed by atoms with Crippen LogP contribution in [0.25, 0.3) is 0 Å². The van der Waals surface area contributed by atoms with E-state index < -0.39 is 0 Å². The van der Waals surface area contributed by atoms with Crippen LogP contribution in [0.4, 0.5) is 5.82 Å². The summed E-state index contributed by atoms with van der Waals surface area (Å²) in [5.74, 6) is 5.94. The average molecular weight is 219 g/mol. The summed E-state index contributed by atoms with van der Waals surface area (Å²) < 4.78 is 0. The molecular formula is C11H17N5. The van der Waals surface area contributed by atoms with Crippen molar-refractivity contribution in [3.05, 3.63) is 23.9 Å². The van der Waals surface area contributed by atoms with Crippen molar-refractivity contribution in [1.82, 2.24) is 9.88 Å². The summed E-state index contributed by atoms with van der Waals surface area (Å²) in [6, 6.07) is 8.04. The molecule has 1 heterocycles. The van der Waals surface area contributed by atoms with Gasteiger partial charge < -0.3 is 5.43 Å². The summed E-state index contributed by atoms with van der Waals surface area (Å²) in [6.07, 6.45) is 0.519. The maximum atomic E-state index is 8.61. The first-order chi connectivity index (χ1) is 7.67. The van der Waals surface area contributed by atoms with E-state index in [1.807, 2.05) is 32.2 Å². The molecule has 1 rings (SSSR count). The molecule has 0 aromatic carbocycles. The van der Waals surface area contributed by atoms with Crippen LogP contribution in [0, 0.1) is 11.3 Å². The van der Waals surface area contributed by atoms with E-state index in [9.17, 15) is 0 Å². The van der Waals surface area contributed by atoms with Gasteiger partial charge in [-0.3, -0.25) is 4.90 Å². The minimum Gasteiger partial charge on any atom is -0.308 e. The summed E-state index contributed by atoms with van der Waals surface area (Å²) >= 11 is 0. The molecule has 0 bridgehead atoms. The molecule has 0 aliphatic rings. The van der Waals surface area contributed by atoms with Gasteiger partial charge >= 0.3 is 0 Å². The first kappa shape index (κ1) is 12.4. The molecular weight excluding hydrogens is 202 g/mol. The Bertz CT molecular complexity index is 371. The Labute approximate surface area is 95.9 Å². The molecule has 0 saturated carbocycles. The Hall–Kier alpha value is -1.64. The maximum absolute atomic E-state index is 8.61. The van der Waals surface area contributed by atoms with Gasteiger partial charge in [0, 0.05) is 12.6 Å². The van der Waals surface area contributed by atoms with Gasteiger partial charge in [0.1, 0.15) is 5.82 Å². The topological polar surface area (TPSA) is 78.0 Å². The molecule has 1 aromatic rings. The van der Waals surface area contributed by atoms with Crippen molar-refractivity contribution in [3.63, 3.8) is 0 Å². The minimum atomic E-state index is 0.223. The Morgan fingerprint density at radius 3 is 3.00 bits per heavy atom. The van der Waals surface area contributed by atoms with Crippen LogP contribution in [0.15, 0.2) is 18.2 Å². The summed E-state index contributed by atoms with van der Waals surface area (Å²) in [7, 11) is 1.98. The van der Waals surface area contributed by atoms with Crippen LogP contribution in [0.3, 0.4) is 0 Å². The molecule has 16 heavy (non-hydrogen) atoms. The molecule has 0 aliphatic heterocycles. The number of nitrogens with zero attached hydrogens (tertiary/aromatic N) is 3. The van der Waals surface area contributed by atoms with Gasteiger partial charge in [-0.1, -0.05) is 6.07 Å². The zero-order valence-corrected chi connectivity index (χ0v) is 9.64. The third-order valence-electron chi connectivity index (χ3n) is 2.51. The number of hydrogen-bond acceptors (Lipinski definition) is 5. The van der Waals surface area contributed by atoms with Gasteiger partial charge in [-0.25, -0.2) is 10.8 Å². The Balaban J connectivity index is 2.62. The van der Waals surface area contributed by atoms with Crippen molar-refractivity contribution in [2.24, 2.45) is 5.84 Å². The fourth-order valence-corrected chi connectivity index (χ4v) is 1.35. The highest BCUT2D eigenvalue weighted by Crippen LogP contribution is 2.08. The number of aromatic nitrogens is 1. The fourth-order valence-electron chi connectivity index (χ4n) is 1.35. The second kappa shape index (κ2) is 6.05. The smallest absolute Gasteiger partial charge is 0.140 e. The maximum Gasteiger partial charge on any atom is 0.140 e. The van der Waals surface area contributed by atoms with Gasteiger partial charge in [0.05, 0.1) is 18.2 Å². The van der Waals surface area contributed by atoms with Crippen molar-refractivity contribution < 1.29 is 0 Å². The molecule has 0 radical (unpaired) electrons. The molecule has 0 amide bonds. The predicted octanol–water partition coefficient (Wildman–Crippen LogP) is 1.10. The Morgan fingerprint density at radius 2 is 2.38 bits per heavy atom. The van der Waals surface area contributed by atoms with Crippen LogP contribution in [0.1, 0.15) is 19.0 Å². The van der Waals surface area contributed by atoms with Gasteiger partial charge in [0.2, 0.25) is 0 Å². The van der Waals surface area contributed by atoms with E-state index in [4.69, 9.17) is 11.1 Å². The van der Waals surface area contributed by atoms with Crippen LogP contribution >= 0.6 is 0 Å². The molecule has 1 atom stereocenters. The van der Waals surface area contributed by atoms with E-state index in [1.165, 1.54) is 0 Å². The van der Waals surface area contributed by atoms with Crippen LogP contribution in [-0.2, 0) is 6.54 Å². The number of nitriles is 1. The molecule has 86 valence electrons.